The fourth-order valence-electron chi connectivity index (χ4n) is 1.58. The molecule has 0 aliphatic rings. The number of aromatic carboxylic acids is 1. The fraction of sp³-hybridized carbons (Fsp3) is 0.154. The van der Waals surface area contributed by atoms with E-state index < -0.39 is 12.0 Å². The number of carboxylic acid groups (broad SMARTS) is 1. The molecule has 0 radical (unpaired) electrons. The molecule has 0 saturated carbocycles. The van der Waals surface area contributed by atoms with Crippen LogP contribution in [0.4, 0.5) is 15.6 Å². The van der Waals surface area contributed by atoms with E-state index in [1.807, 2.05) is 18.4 Å². The van der Waals surface area contributed by atoms with Crippen molar-refractivity contribution in [3.05, 3.63) is 34.8 Å². The van der Waals surface area contributed by atoms with Gasteiger partial charge < -0.3 is 10.4 Å². The lowest BCUT2D eigenvalue weighted by atomic mass is 10.3. The smallest absolute Gasteiger partial charge is 0.347 e. The molecule has 0 saturated heterocycles. The molecule has 0 aliphatic heterocycles. The number of hydrogen-bond acceptors (Lipinski definition) is 5. The maximum atomic E-state index is 11.8. The predicted molar refractivity (Wildman–Crippen MR) is 84.7 cm³/mol. The molecule has 1 aromatic heterocycles. The van der Waals surface area contributed by atoms with Gasteiger partial charge in [-0.25, -0.2) is 14.6 Å². The number of thioether (sulfide) groups is 1. The molecule has 21 heavy (non-hydrogen) atoms. The highest BCUT2D eigenvalue weighted by molar-refractivity contribution is 7.98. The summed E-state index contributed by atoms with van der Waals surface area (Å²) in [6.45, 7) is 1.59. The first kappa shape index (κ1) is 15.3. The molecule has 2 rings (SSSR count). The molecule has 0 atom stereocenters. The van der Waals surface area contributed by atoms with Crippen LogP contribution in [0.25, 0.3) is 0 Å². The van der Waals surface area contributed by atoms with Gasteiger partial charge >= 0.3 is 12.0 Å². The zero-order valence-corrected chi connectivity index (χ0v) is 13.0. The monoisotopic (exact) mass is 323 g/mol. The molecule has 2 amide bonds. The number of benzene rings is 1. The third-order valence-electron chi connectivity index (χ3n) is 2.56. The molecule has 6 nitrogen and oxygen atoms in total. The second-order valence-corrected chi connectivity index (χ2v) is 5.93. The predicted octanol–water partition coefficient (Wildman–Crippen LogP) is 3.52. The second-order valence-electron chi connectivity index (χ2n) is 4.05. The molecule has 3 N–H and O–H groups in total. The van der Waals surface area contributed by atoms with Crippen LogP contribution >= 0.6 is 23.1 Å². The lowest BCUT2D eigenvalue weighted by molar-refractivity contribution is 0.0701. The Hall–Kier alpha value is -2.06. The number of aromatic nitrogens is 1. The van der Waals surface area contributed by atoms with Gasteiger partial charge in [0.1, 0.15) is 4.88 Å². The zero-order valence-electron chi connectivity index (χ0n) is 11.3. The van der Waals surface area contributed by atoms with Crippen molar-refractivity contribution in [2.75, 3.05) is 16.9 Å². The number of nitrogens with one attached hydrogen (secondary N) is 2. The number of hydrogen-bond donors (Lipinski definition) is 3. The van der Waals surface area contributed by atoms with E-state index in [4.69, 9.17) is 5.11 Å². The highest BCUT2D eigenvalue weighted by atomic mass is 32.2. The van der Waals surface area contributed by atoms with Crippen LogP contribution in [-0.2, 0) is 0 Å². The standard InChI is InChI=1S/C13H13N3O3S2/c1-7-10(11(17)18)21-13(14-7)16-12(19)15-8-3-5-9(20-2)6-4-8/h3-6H,1-2H3,(H,17,18)(H2,14,15,16,19). The maximum absolute atomic E-state index is 11.8. The first-order valence-electron chi connectivity index (χ1n) is 5.92. The van der Waals surface area contributed by atoms with Crippen molar-refractivity contribution in [3.63, 3.8) is 0 Å². The molecule has 8 heteroatoms. The SMILES string of the molecule is CSc1ccc(NC(=O)Nc2nc(C)c(C(=O)O)s2)cc1. The van der Waals surface area contributed by atoms with Crippen molar-refractivity contribution in [2.45, 2.75) is 11.8 Å². The number of carbonyl (C=O) groups excluding carboxylic acids is 1. The Bertz CT molecular complexity index is 668. The van der Waals surface area contributed by atoms with E-state index in [1.165, 1.54) is 0 Å². The number of carboxylic acids is 1. The Morgan fingerprint density at radius 2 is 1.90 bits per heavy atom. The lowest BCUT2D eigenvalue weighted by Crippen LogP contribution is -2.19. The fourth-order valence-corrected chi connectivity index (χ4v) is 2.79. The van der Waals surface area contributed by atoms with Gasteiger partial charge in [-0.1, -0.05) is 11.3 Å². The molecule has 0 bridgehead atoms. The zero-order chi connectivity index (χ0) is 15.4. The summed E-state index contributed by atoms with van der Waals surface area (Å²) in [6, 6.07) is 6.92. The molecule has 110 valence electrons. The number of amides is 2. The lowest BCUT2D eigenvalue weighted by Gasteiger charge is -2.05. The first-order valence-corrected chi connectivity index (χ1v) is 7.96. The van der Waals surface area contributed by atoms with Crippen molar-refractivity contribution in [3.8, 4) is 0 Å². The summed E-state index contributed by atoms with van der Waals surface area (Å²) < 4.78 is 0. The van der Waals surface area contributed by atoms with Gasteiger partial charge in [0.2, 0.25) is 0 Å². The summed E-state index contributed by atoms with van der Waals surface area (Å²) in [5, 5.41) is 14.4. The van der Waals surface area contributed by atoms with E-state index in [0.717, 1.165) is 16.2 Å². The number of rotatable bonds is 4. The van der Waals surface area contributed by atoms with Gasteiger partial charge in [0.05, 0.1) is 5.69 Å². The number of thiazole rings is 1. The van der Waals surface area contributed by atoms with E-state index in [2.05, 4.69) is 15.6 Å². The Morgan fingerprint density at radius 3 is 2.43 bits per heavy atom. The summed E-state index contributed by atoms with van der Waals surface area (Å²) in [7, 11) is 0. The van der Waals surface area contributed by atoms with Crippen LogP contribution in [0.1, 0.15) is 15.4 Å². The molecular weight excluding hydrogens is 310 g/mol. The number of urea groups is 1. The van der Waals surface area contributed by atoms with Crippen molar-refractivity contribution in [1.29, 1.82) is 0 Å². The molecule has 1 heterocycles. The van der Waals surface area contributed by atoms with Crippen LogP contribution in [-0.4, -0.2) is 28.3 Å². The molecule has 2 aromatic rings. The summed E-state index contributed by atoms with van der Waals surface area (Å²) >= 11 is 2.54. The second kappa shape index (κ2) is 6.59. The van der Waals surface area contributed by atoms with Gasteiger partial charge in [0.25, 0.3) is 0 Å². The Balaban J connectivity index is 2.01. The Kier molecular flexibility index (Phi) is 4.81. The van der Waals surface area contributed by atoms with Crippen LogP contribution in [0, 0.1) is 6.92 Å². The minimum absolute atomic E-state index is 0.120. The average Bonchev–Trinajstić information content (AvgIpc) is 2.80. The van der Waals surface area contributed by atoms with E-state index >= 15 is 0 Å². The Labute approximate surface area is 129 Å². The van der Waals surface area contributed by atoms with E-state index in [9.17, 15) is 9.59 Å². The quantitative estimate of drug-likeness (QED) is 0.749. The normalized spacial score (nSPS) is 10.2. The van der Waals surface area contributed by atoms with Crippen LogP contribution < -0.4 is 10.6 Å². The molecule has 0 fully saturated rings. The highest BCUT2D eigenvalue weighted by Gasteiger charge is 2.15. The summed E-state index contributed by atoms with van der Waals surface area (Å²) in [5.41, 5.74) is 1.03. The van der Waals surface area contributed by atoms with Crippen molar-refractivity contribution in [2.24, 2.45) is 0 Å². The van der Waals surface area contributed by atoms with E-state index in [-0.39, 0.29) is 10.0 Å². The first-order chi connectivity index (χ1) is 9.99. The van der Waals surface area contributed by atoms with Gasteiger partial charge in [-0.3, -0.25) is 5.32 Å². The van der Waals surface area contributed by atoms with Gasteiger partial charge in [-0.15, -0.1) is 11.8 Å². The number of nitrogens with zero attached hydrogens (tertiary/aromatic N) is 1. The largest absolute Gasteiger partial charge is 0.477 e. The summed E-state index contributed by atoms with van der Waals surface area (Å²) in [6.07, 6.45) is 1.97. The average molecular weight is 323 g/mol. The van der Waals surface area contributed by atoms with Crippen molar-refractivity contribution in [1.82, 2.24) is 4.98 Å². The minimum atomic E-state index is -1.05. The van der Waals surface area contributed by atoms with Crippen molar-refractivity contribution < 1.29 is 14.7 Å². The molecule has 1 aromatic carbocycles. The number of carbonyl (C=O) groups is 2. The van der Waals surface area contributed by atoms with Gasteiger partial charge in [0, 0.05) is 10.6 Å². The number of anilines is 2. The third kappa shape index (κ3) is 3.96. The van der Waals surface area contributed by atoms with Crippen LogP contribution in [0.3, 0.4) is 0 Å². The molecular formula is C13H13N3O3S2. The van der Waals surface area contributed by atoms with E-state index in [1.54, 1.807) is 30.8 Å². The third-order valence-corrected chi connectivity index (χ3v) is 4.36. The van der Waals surface area contributed by atoms with Crippen LogP contribution in [0.5, 0.6) is 0 Å². The van der Waals surface area contributed by atoms with Gasteiger partial charge in [-0.05, 0) is 37.4 Å². The molecule has 0 aliphatic carbocycles. The maximum Gasteiger partial charge on any atom is 0.347 e. The number of aryl methyl sites for hydroxylation is 1. The van der Waals surface area contributed by atoms with Gasteiger partial charge in [-0.2, -0.15) is 0 Å². The summed E-state index contributed by atoms with van der Waals surface area (Å²) in [5.74, 6) is -1.05. The van der Waals surface area contributed by atoms with Gasteiger partial charge in [0.15, 0.2) is 5.13 Å². The minimum Gasteiger partial charge on any atom is -0.477 e. The molecule has 0 spiro atoms. The highest BCUT2D eigenvalue weighted by Crippen LogP contribution is 2.23. The summed E-state index contributed by atoms with van der Waals surface area (Å²) in [4.78, 5) is 28.0. The van der Waals surface area contributed by atoms with E-state index in [0.29, 0.717) is 11.4 Å². The van der Waals surface area contributed by atoms with Crippen LogP contribution in [0.2, 0.25) is 0 Å². The van der Waals surface area contributed by atoms with Crippen molar-refractivity contribution >= 4 is 45.9 Å². The Morgan fingerprint density at radius 1 is 1.24 bits per heavy atom. The topological polar surface area (TPSA) is 91.3 Å². The molecule has 0 unspecified atom stereocenters. The van der Waals surface area contributed by atoms with Crippen LogP contribution in [0.15, 0.2) is 29.2 Å².